The van der Waals surface area contributed by atoms with E-state index in [0.29, 0.717) is 25.9 Å². The molecule has 8 heteroatoms. The Kier molecular flexibility index (Phi) is 4.76. The minimum absolute atomic E-state index is 0.0873. The van der Waals surface area contributed by atoms with Crippen LogP contribution in [0.15, 0.2) is 23.8 Å². The molecule has 5 fully saturated rings. The molecule has 3 saturated carbocycles. The van der Waals surface area contributed by atoms with E-state index < -0.39 is 52.2 Å². The van der Waals surface area contributed by atoms with Crippen LogP contribution in [-0.2, 0) is 23.8 Å². The van der Waals surface area contributed by atoms with Gasteiger partial charge >= 0.3 is 5.97 Å². The Bertz CT molecular complexity index is 1050. The van der Waals surface area contributed by atoms with E-state index in [2.05, 4.69) is 0 Å². The molecule has 6 nitrogen and oxygen atoms in total. The van der Waals surface area contributed by atoms with Gasteiger partial charge in [-0.15, -0.1) is 0 Å². The van der Waals surface area contributed by atoms with Crippen molar-refractivity contribution in [2.24, 2.45) is 28.6 Å². The lowest BCUT2D eigenvalue weighted by molar-refractivity contribution is -0.255. The van der Waals surface area contributed by atoms with Crippen LogP contribution in [-0.4, -0.2) is 58.9 Å². The van der Waals surface area contributed by atoms with Crippen LogP contribution in [0.5, 0.6) is 0 Å². The van der Waals surface area contributed by atoms with E-state index in [-0.39, 0.29) is 42.0 Å². The van der Waals surface area contributed by atoms with Crippen molar-refractivity contribution < 1.29 is 37.7 Å². The van der Waals surface area contributed by atoms with Crippen molar-refractivity contribution in [3.8, 4) is 0 Å². The highest BCUT2D eigenvalue weighted by Gasteiger charge is 2.79. The molecule has 192 valence electrons. The second-order valence-electron chi connectivity index (χ2n) is 12.5. The van der Waals surface area contributed by atoms with Gasteiger partial charge in [-0.2, -0.15) is 0 Å². The van der Waals surface area contributed by atoms with E-state index in [4.69, 9.17) is 14.2 Å². The van der Waals surface area contributed by atoms with Crippen molar-refractivity contribution >= 4 is 11.8 Å². The first-order valence-corrected chi connectivity index (χ1v) is 12.8. The summed E-state index contributed by atoms with van der Waals surface area (Å²) < 4.78 is 51.3. The highest BCUT2D eigenvalue weighted by Crippen LogP contribution is 2.73. The fourth-order valence-corrected chi connectivity index (χ4v) is 8.89. The van der Waals surface area contributed by atoms with Crippen LogP contribution in [0.2, 0.25) is 0 Å². The smallest absolute Gasteiger partial charge is 0.309 e. The monoisotopic (exact) mass is 492 g/mol. The first kappa shape index (κ1) is 23.7. The quantitative estimate of drug-likeness (QED) is 0.592. The molecule has 0 radical (unpaired) electrons. The number of carbonyl (C=O) groups is 2. The number of aliphatic hydroxyl groups excluding tert-OH is 1. The van der Waals surface area contributed by atoms with Crippen molar-refractivity contribution in [2.45, 2.75) is 95.2 Å². The highest BCUT2D eigenvalue weighted by molar-refractivity contribution is 6.01. The number of halogens is 2. The zero-order valence-electron chi connectivity index (χ0n) is 20.7. The summed E-state index contributed by atoms with van der Waals surface area (Å²) in [4.78, 5) is 24.5. The van der Waals surface area contributed by atoms with Crippen molar-refractivity contribution in [1.29, 1.82) is 0 Å². The molecule has 0 aromatic rings. The van der Waals surface area contributed by atoms with Crippen molar-refractivity contribution in [1.82, 2.24) is 0 Å². The van der Waals surface area contributed by atoms with Crippen LogP contribution in [0.3, 0.4) is 0 Å². The molecular formula is C27H34F2O6. The summed E-state index contributed by atoms with van der Waals surface area (Å²) in [6.07, 6.45) is 1.98. The van der Waals surface area contributed by atoms with Gasteiger partial charge in [0.15, 0.2) is 17.2 Å². The summed E-state index contributed by atoms with van der Waals surface area (Å²) in [5, 5.41) is 11.6. The molecule has 0 spiro atoms. The van der Waals surface area contributed by atoms with Crippen LogP contribution in [0, 0.1) is 28.6 Å². The molecule has 1 N–H and O–H groups in total. The van der Waals surface area contributed by atoms with Gasteiger partial charge < -0.3 is 19.3 Å². The summed E-state index contributed by atoms with van der Waals surface area (Å²) in [7, 11) is 0. The van der Waals surface area contributed by atoms with Gasteiger partial charge in [0, 0.05) is 16.7 Å². The van der Waals surface area contributed by atoms with E-state index in [1.54, 1.807) is 6.92 Å². The summed E-state index contributed by atoms with van der Waals surface area (Å²) >= 11 is 0. The maximum atomic E-state index is 17.4. The minimum Gasteiger partial charge on any atom is -0.465 e. The normalized spacial score (nSPS) is 54.0. The predicted octanol–water partition coefficient (Wildman–Crippen LogP) is 3.76. The molecule has 10 atom stereocenters. The van der Waals surface area contributed by atoms with Gasteiger partial charge in [0.1, 0.15) is 11.8 Å². The molecule has 2 aliphatic heterocycles. The molecular weight excluding hydrogens is 458 g/mol. The Hall–Kier alpha value is -1.64. The SMILES string of the molecule is CC1(C)O[C@@H]2CC3C4C[C@H](F)C5=CC(=O)C=C[C@]5(C)[C@@]4(F)[C@@H](O)C[C@]3(C)[C@]2(CC2CCOC2=O)O1. The molecule has 0 amide bonds. The lowest BCUT2D eigenvalue weighted by atomic mass is 9.44. The summed E-state index contributed by atoms with van der Waals surface area (Å²) in [5.74, 6) is -3.04. The van der Waals surface area contributed by atoms with Gasteiger partial charge in [-0.05, 0) is 76.5 Å². The van der Waals surface area contributed by atoms with Crippen molar-refractivity contribution in [3.05, 3.63) is 23.8 Å². The Labute approximate surface area is 204 Å². The first-order chi connectivity index (χ1) is 16.3. The van der Waals surface area contributed by atoms with E-state index in [9.17, 15) is 14.7 Å². The number of carbonyl (C=O) groups excluding carboxylic acids is 2. The molecule has 3 unspecified atom stereocenters. The minimum atomic E-state index is -2.15. The summed E-state index contributed by atoms with van der Waals surface area (Å²) in [5.41, 5.74) is -5.14. The molecule has 2 heterocycles. The molecule has 0 aromatic heterocycles. The molecule has 2 saturated heterocycles. The lowest BCUT2D eigenvalue weighted by Gasteiger charge is -2.63. The molecule has 0 bridgehead atoms. The Morgan fingerprint density at radius 1 is 1.14 bits per heavy atom. The van der Waals surface area contributed by atoms with Crippen LogP contribution in [0.4, 0.5) is 8.78 Å². The number of fused-ring (bicyclic) bond motifs is 7. The number of ketones is 1. The van der Waals surface area contributed by atoms with Gasteiger partial charge in [-0.1, -0.05) is 13.0 Å². The molecule has 0 aromatic carbocycles. The van der Waals surface area contributed by atoms with E-state index >= 15 is 8.78 Å². The van der Waals surface area contributed by atoms with E-state index in [1.165, 1.54) is 18.2 Å². The summed E-state index contributed by atoms with van der Waals surface area (Å²) in [6, 6.07) is 0. The van der Waals surface area contributed by atoms with Crippen LogP contribution in [0.25, 0.3) is 0 Å². The third-order valence-corrected chi connectivity index (χ3v) is 10.4. The standard InChI is InChI=1S/C27H34F2O6/c1-23(2)34-21-11-16-17-10-19(28)18-9-15(30)5-7-24(18,3)27(17,29)20(31)13-25(16,4)26(21,35-23)12-14-6-8-33-22(14)32/h5,7,9,14,16-17,19-21,31H,6,8,10-13H2,1-4H3/t14?,16?,17?,19-,20-,21+,24-,25-,26+,27-/m0/s1. The number of aliphatic hydroxyl groups is 1. The maximum Gasteiger partial charge on any atom is 0.309 e. The Balaban J connectivity index is 1.45. The maximum absolute atomic E-state index is 17.4. The number of allylic oxidation sites excluding steroid dienone is 4. The highest BCUT2D eigenvalue weighted by atomic mass is 19.1. The van der Waals surface area contributed by atoms with Gasteiger partial charge in [0.2, 0.25) is 0 Å². The van der Waals surface area contributed by atoms with Crippen molar-refractivity contribution in [2.75, 3.05) is 6.61 Å². The lowest BCUT2D eigenvalue weighted by Crippen LogP contribution is -2.70. The molecule has 6 rings (SSSR count). The van der Waals surface area contributed by atoms with Crippen molar-refractivity contribution in [3.63, 3.8) is 0 Å². The number of rotatable bonds is 2. The zero-order valence-corrected chi connectivity index (χ0v) is 20.7. The van der Waals surface area contributed by atoms with Gasteiger partial charge in [-0.3, -0.25) is 9.59 Å². The predicted molar refractivity (Wildman–Crippen MR) is 120 cm³/mol. The third kappa shape index (κ3) is 2.79. The number of alkyl halides is 2. The van der Waals surface area contributed by atoms with Crippen LogP contribution < -0.4 is 0 Å². The Morgan fingerprint density at radius 3 is 2.57 bits per heavy atom. The summed E-state index contributed by atoms with van der Waals surface area (Å²) in [6.45, 7) is 7.61. The van der Waals surface area contributed by atoms with Gasteiger partial charge in [0.25, 0.3) is 0 Å². The fourth-order valence-electron chi connectivity index (χ4n) is 8.89. The topological polar surface area (TPSA) is 82.1 Å². The number of esters is 1. The number of ether oxygens (including phenoxy) is 3. The second kappa shape index (κ2) is 7.01. The second-order valence-corrected chi connectivity index (χ2v) is 12.5. The molecule has 35 heavy (non-hydrogen) atoms. The van der Waals surface area contributed by atoms with Crippen LogP contribution >= 0.6 is 0 Å². The zero-order chi connectivity index (χ0) is 25.2. The van der Waals surface area contributed by atoms with Gasteiger partial charge in [0.05, 0.1) is 24.7 Å². The first-order valence-electron chi connectivity index (χ1n) is 12.8. The van der Waals surface area contributed by atoms with E-state index in [0.717, 1.165) is 0 Å². The number of cyclic esters (lactones) is 1. The third-order valence-electron chi connectivity index (χ3n) is 10.4. The average molecular weight is 493 g/mol. The van der Waals surface area contributed by atoms with E-state index in [1.807, 2.05) is 20.8 Å². The molecule has 6 aliphatic rings. The molecule has 4 aliphatic carbocycles. The largest absolute Gasteiger partial charge is 0.465 e. The van der Waals surface area contributed by atoms with Gasteiger partial charge in [-0.25, -0.2) is 8.78 Å². The average Bonchev–Trinajstić information content (AvgIpc) is 3.35. The Morgan fingerprint density at radius 2 is 1.89 bits per heavy atom. The fraction of sp³-hybridized carbons (Fsp3) is 0.778. The number of hydrogen-bond donors (Lipinski definition) is 1. The van der Waals surface area contributed by atoms with Crippen LogP contribution in [0.1, 0.15) is 59.8 Å². The number of hydrogen-bond acceptors (Lipinski definition) is 6.